The fourth-order valence-electron chi connectivity index (χ4n) is 0.931. The zero-order chi connectivity index (χ0) is 12.4. The number of hydrogen-bond acceptors (Lipinski definition) is 5. The van der Waals surface area contributed by atoms with Gasteiger partial charge in [0, 0.05) is 0 Å². The summed E-state index contributed by atoms with van der Waals surface area (Å²) < 4.78 is 26.8. The minimum absolute atomic E-state index is 0.132. The van der Waals surface area contributed by atoms with Gasteiger partial charge in [-0.05, 0) is 35.0 Å². The van der Waals surface area contributed by atoms with Crippen LogP contribution >= 0.6 is 27.3 Å². The molecule has 0 fully saturated rings. The lowest BCUT2D eigenvalue weighted by molar-refractivity contribution is 0.122. The highest BCUT2D eigenvalue weighted by Crippen LogP contribution is 2.26. The zero-order valence-corrected chi connectivity index (χ0v) is 11.7. The highest BCUT2D eigenvalue weighted by molar-refractivity contribution is 9.11. The van der Waals surface area contributed by atoms with Crippen molar-refractivity contribution in [3.8, 4) is 0 Å². The first kappa shape index (κ1) is 14.1. The monoisotopic (exact) mass is 329 g/mol. The van der Waals surface area contributed by atoms with Crippen LogP contribution < -0.4 is 4.72 Å². The summed E-state index contributed by atoms with van der Waals surface area (Å²) in [4.78, 5) is 0. The van der Waals surface area contributed by atoms with Gasteiger partial charge < -0.3 is 10.2 Å². The number of halogens is 1. The summed E-state index contributed by atoms with van der Waals surface area (Å²) in [7, 11) is -3.70. The van der Waals surface area contributed by atoms with Crippen molar-refractivity contribution in [3.63, 3.8) is 0 Å². The molecule has 1 heterocycles. The minimum Gasteiger partial charge on any atom is -0.394 e. The fourth-order valence-corrected chi connectivity index (χ4v) is 4.33. The maximum atomic E-state index is 11.8. The molecule has 0 aliphatic rings. The molecule has 0 aromatic carbocycles. The maximum absolute atomic E-state index is 11.8. The van der Waals surface area contributed by atoms with E-state index in [1.54, 1.807) is 6.07 Å². The summed E-state index contributed by atoms with van der Waals surface area (Å²) >= 11 is 4.23. The van der Waals surface area contributed by atoms with E-state index in [1.807, 2.05) is 0 Å². The van der Waals surface area contributed by atoms with Gasteiger partial charge in [-0.2, -0.15) is 4.72 Å². The molecular weight excluding hydrogens is 318 g/mol. The van der Waals surface area contributed by atoms with Crippen LogP contribution in [0.25, 0.3) is 0 Å². The molecule has 16 heavy (non-hydrogen) atoms. The lowest BCUT2D eigenvalue weighted by Crippen LogP contribution is -2.51. The normalized spacial score (nSPS) is 13.0. The van der Waals surface area contributed by atoms with Gasteiger partial charge in [0.2, 0.25) is 0 Å². The quantitative estimate of drug-likeness (QED) is 0.735. The summed E-state index contributed by atoms with van der Waals surface area (Å²) in [5, 5.41) is 18.0. The number of rotatable bonds is 5. The number of sulfonamides is 1. The second-order valence-corrected chi connectivity index (χ2v) is 7.91. The Bertz CT molecular complexity index is 452. The minimum atomic E-state index is -3.70. The van der Waals surface area contributed by atoms with Gasteiger partial charge in [0.1, 0.15) is 4.21 Å². The molecule has 0 aliphatic heterocycles. The summed E-state index contributed by atoms with van der Waals surface area (Å²) in [6, 6.07) is 3.07. The van der Waals surface area contributed by atoms with E-state index in [0.29, 0.717) is 3.79 Å². The lowest BCUT2D eigenvalue weighted by atomic mass is 10.1. The number of thiophene rings is 1. The number of aliphatic hydroxyl groups is 2. The van der Waals surface area contributed by atoms with Crippen molar-refractivity contribution in [3.05, 3.63) is 15.9 Å². The Morgan fingerprint density at radius 1 is 1.44 bits per heavy atom. The molecular formula is C8H12BrNO4S2. The molecule has 0 amide bonds. The third-order valence-corrected chi connectivity index (χ3v) is 5.65. The van der Waals surface area contributed by atoms with Crippen molar-refractivity contribution >= 4 is 37.3 Å². The topological polar surface area (TPSA) is 86.6 Å². The van der Waals surface area contributed by atoms with E-state index in [2.05, 4.69) is 20.7 Å². The molecule has 5 nitrogen and oxygen atoms in total. The highest BCUT2D eigenvalue weighted by atomic mass is 79.9. The molecule has 0 aliphatic carbocycles. The van der Waals surface area contributed by atoms with Crippen LogP contribution in [0.1, 0.15) is 6.92 Å². The standard InChI is InChI=1S/C8H12BrNO4S2/c1-8(4-11,5-12)10-16(13,14)7-3-2-6(9)15-7/h2-3,10-12H,4-5H2,1H3. The first-order valence-corrected chi connectivity index (χ1v) is 7.43. The van der Waals surface area contributed by atoms with E-state index in [-0.39, 0.29) is 4.21 Å². The molecule has 0 atom stereocenters. The van der Waals surface area contributed by atoms with Crippen LogP contribution in [0.4, 0.5) is 0 Å². The second kappa shape index (κ2) is 5.11. The van der Waals surface area contributed by atoms with Crippen LogP contribution in [0.15, 0.2) is 20.1 Å². The second-order valence-electron chi connectivity index (χ2n) is 3.54. The number of hydrogen-bond donors (Lipinski definition) is 3. The molecule has 0 bridgehead atoms. The first-order chi connectivity index (χ1) is 7.33. The third kappa shape index (κ3) is 3.25. The van der Waals surface area contributed by atoms with Gasteiger partial charge in [-0.15, -0.1) is 11.3 Å². The van der Waals surface area contributed by atoms with E-state index >= 15 is 0 Å². The summed E-state index contributed by atoms with van der Waals surface area (Å²) in [5.41, 5.74) is -1.25. The summed E-state index contributed by atoms with van der Waals surface area (Å²) in [5.74, 6) is 0. The van der Waals surface area contributed by atoms with Gasteiger partial charge in [-0.1, -0.05) is 0 Å². The van der Waals surface area contributed by atoms with Crippen molar-refractivity contribution in [1.29, 1.82) is 0 Å². The molecule has 0 spiro atoms. The van der Waals surface area contributed by atoms with Crippen molar-refractivity contribution < 1.29 is 18.6 Å². The lowest BCUT2D eigenvalue weighted by Gasteiger charge is -2.25. The van der Waals surface area contributed by atoms with Crippen LogP contribution in [0.3, 0.4) is 0 Å². The van der Waals surface area contributed by atoms with Gasteiger partial charge in [0.25, 0.3) is 10.0 Å². The van der Waals surface area contributed by atoms with Crippen molar-refractivity contribution in [2.75, 3.05) is 13.2 Å². The van der Waals surface area contributed by atoms with Gasteiger partial charge in [-0.25, -0.2) is 8.42 Å². The Morgan fingerprint density at radius 2 is 2.00 bits per heavy atom. The van der Waals surface area contributed by atoms with Crippen molar-refractivity contribution in [2.24, 2.45) is 0 Å². The van der Waals surface area contributed by atoms with Crippen LogP contribution in [0, 0.1) is 0 Å². The average Bonchev–Trinajstić information content (AvgIpc) is 2.65. The Kier molecular flexibility index (Phi) is 4.49. The van der Waals surface area contributed by atoms with Crippen molar-refractivity contribution in [1.82, 2.24) is 4.72 Å². The van der Waals surface area contributed by atoms with Crippen LogP contribution in [-0.2, 0) is 10.0 Å². The highest BCUT2D eigenvalue weighted by Gasteiger charge is 2.30. The SMILES string of the molecule is CC(CO)(CO)NS(=O)(=O)c1ccc(Br)s1. The molecule has 92 valence electrons. The predicted octanol–water partition coefficient (Wildman–Crippen LogP) is 0.532. The largest absolute Gasteiger partial charge is 0.394 e. The molecule has 8 heteroatoms. The zero-order valence-electron chi connectivity index (χ0n) is 8.47. The fraction of sp³-hybridized carbons (Fsp3) is 0.500. The van der Waals surface area contributed by atoms with E-state index in [4.69, 9.17) is 10.2 Å². The summed E-state index contributed by atoms with van der Waals surface area (Å²) in [6.45, 7) is 0.470. The van der Waals surface area contributed by atoms with Gasteiger partial charge >= 0.3 is 0 Å². The Labute approximate surface area is 106 Å². The maximum Gasteiger partial charge on any atom is 0.250 e. The van der Waals surface area contributed by atoms with Gasteiger partial charge in [0.05, 0.1) is 22.5 Å². The first-order valence-electron chi connectivity index (χ1n) is 4.34. The summed E-state index contributed by atoms with van der Waals surface area (Å²) in [6.07, 6.45) is 0. The van der Waals surface area contributed by atoms with Crippen LogP contribution in [0.2, 0.25) is 0 Å². The van der Waals surface area contributed by atoms with Gasteiger partial charge in [0.15, 0.2) is 0 Å². The molecule has 1 aromatic heterocycles. The van der Waals surface area contributed by atoms with Crippen LogP contribution in [-0.4, -0.2) is 37.4 Å². The van der Waals surface area contributed by atoms with Crippen molar-refractivity contribution in [2.45, 2.75) is 16.7 Å². The van der Waals surface area contributed by atoms with Gasteiger partial charge in [-0.3, -0.25) is 0 Å². The Hall–Kier alpha value is 0.01000. The third-order valence-electron chi connectivity index (χ3n) is 1.89. The van der Waals surface area contributed by atoms with E-state index in [1.165, 1.54) is 13.0 Å². The van der Waals surface area contributed by atoms with E-state index in [0.717, 1.165) is 11.3 Å². The number of nitrogens with one attached hydrogen (secondary N) is 1. The molecule has 0 saturated heterocycles. The average molecular weight is 330 g/mol. The van der Waals surface area contributed by atoms with E-state index in [9.17, 15) is 8.42 Å². The predicted molar refractivity (Wildman–Crippen MR) is 64.9 cm³/mol. The Morgan fingerprint density at radius 3 is 2.38 bits per heavy atom. The molecule has 0 unspecified atom stereocenters. The molecule has 0 saturated carbocycles. The molecule has 1 rings (SSSR count). The Balaban J connectivity index is 2.96. The number of aliphatic hydroxyl groups excluding tert-OH is 2. The van der Waals surface area contributed by atoms with Crippen LogP contribution in [0.5, 0.6) is 0 Å². The molecule has 3 N–H and O–H groups in total. The smallest absolute Gasteiger partial charge is 0.250 e. The molecule has 1 aromatic rings. The van der Waals surface area contributed by atoms with E-state index < -0.39 is 28.8 Å². The molecule has 0 radical (unpaired) electrons.